The number of hydrogen-bond acceptors (Lipinski definition) is 5. The summed E-state index contributed by atoms with van der Waals surface area (Å²) >= 11 is 0. The van der Waals surface area contributed by atoms with Gasteiger partial charge in [0, 0.05) is 54.5 Å². The van der Waals surface area contributed by atoms with Gasteiger partial charge in [0.2, 0.25) is 5.71 Å². The fourth-order valence-electron chi connectivity index (χ4n) is 8.00. The van der Waals surface area contributed by atoms with Crippen LogP contribution in [0.4, 0.5) is 0 Å². The first-order valence-corrected chi connectivity index (χ1v) is 20.3. The summed E-state index contributed by atoms with van der Waals surface area (Å²) < 4.78 is 6.22. The van der Waals surface area contributed by atoms with Crippen molar-refractivity contribution in [1.29, 1.82) is 0 Å². The number of pyridine rings is 4. The maximum Gasteiger partial charge on any atom is 0.216 e. The molecule has 5 heterocycles. The molecule has 0 atom stereocenters. The van der Waals surface area contributed by atoms with Crippen LogP contribution in [0.2, 0.25) is 0 Å². The molecule has 0 bridgehead atoms. The van der Waals surface area contributed by atoms with Gasteiger partial charge in [-0.15, -0.1) is 47.5 Å². The van der Waals surface area contributed by atoms with E-state index < -0.39 is 0 Å². The zero-order valence-corrected chi connectivity index (χ0v) is 37.7. The van der Waals surface area contributed by atoms with Crippen LogP contribution in [0.1, 0.15) is 39.1 Å². The fourth-order valence-corrected chi connectivity index (χ4v) is 8.00. The maximum atomic E-state index is 6.22. The number of hydrogen-bond donors (Lipinski definition) is 0. The minimum atomic E-state index is 0. The van der Waals surface area contributed by atoms with Gasteiger partial charge in [-0.2, -0.15) is 0 Å². The second-order valence-corrected chi connectivity index (χ2v) is 15.7. The van der Waals surface area contributed by atoms with Crippen molar-refractivity contribution in [1.82, 2.24) is 19.9 Å². The van der Waals surface area contributed by atoms with Crippen molar-refractivity contribution in [3.05, 3.63) is 191 Å². The Kier molecular flexibility index (Phi) is 11.6. The van der Waals surface area contributed by atoms with Crippen LogP contribution in [0.5, 0.6) is 0 Å². The third kappa shape index (κ3) is 8.17. The standard InChI is InChI=1S/C35H26N3O.C20H18N.Ir/c1-20-7-5-8-21(2)33(20)30-14-12-25-18-29(22(3)17-31(25)38-30)24-15-16-36-32(19-24)28-10-6-9-26-27-13-11-23(4)37-35(27)39-34(26)28;1-14-9-10-18(20-11-15(2)16(3)13-21-20)12-19(14)17-7-5-4-6-8-17;/h5-9,11-19H,1-4H3;4-9,11-13H,1-3H3;/q2*-1;. The minimum Gasteiger partial charge on any atom is -0.486 e. The molecule has 61 heavy (non-hydrogen) atoms. The Morgan fingerprint density at radius 1 is 0.525 bits per heavy atom. The Morgan fingerprint density at radius 3 is 2.10 bits per heavy atom. The molecule has 301 valence electrons. The van der Waals surface area contributed by atoms with Gasteiger partial charge < -0.3 is 14.4 Å². The molecule has 0 fully saturated rings. The molecule has 0 aliphatic rings. The Morgan fingerprint density at radius 2 is 1.31 bits per heavy atom. The maximum absolute atomic E-state index is 6.22. The molecule has 0 aliphatic heterocycles. The van der Waals surface area contributed by atoms with Gasteiger partial charge in [0.25, 0.3) is 0 Å². The van der Waals surface area contributed by atoms with Gasteiger partial charge in [-0.1, -0.05) is 95.7 Å². The van der Waals surface area contributed by atoms with Gasteiger partial charge in [0.1, 0.15) is 0 Å². The van der Waals surface area contributed by atoms with E-state index in [2.05, 4.69) is 167 Å². The van der Waals surface area contributed by atoms with E-state index in [1.54, 1.807) is 0 Å². The second kappa shape index (κ2) is 17.2. The fraction of sp³-hybridized carbons (Fsp3) is 0.127. The largest absolute Gasteiger partial charge is 0.486 e. The molecule has 0 saturated heterocycles. The second-order valence-electron chi connectivity index (χ2n) is 15.7. The average Bonchev–Trinajstić information content (AvgIpc) is 3.63. The van der Waals surface area contributed by atoms with Crippen molar-refractivity contribution in [2.24, 2.45) is 0 Å². The van der Waals surface area contributed by atoms with Crippen molar-refractivity contribution in [3.63, 3.8) is 0 Å². The van der Waals surface area contributed by atoms with E-state index in [-0.39, 0.29) is 20.1 Å². The summed E-state index contributed by atoms with van der Waals surface area (Å²) in [5.41, 5.74) is 21.3. The molecule has 5 aromatic heterocycles. The normalized spacial score (nSPS) is 11.1. The van der Waals surface area contributed by atoms with Gasteiger partial charge in [-0.05, 0) is 128 Å². The van der Waals surface area contributed by atoms with Crippen LogP contribution in [-0.4, -0.2) is 19.9 Å². The summed E-state index contributed by atoms with van der Waals surface area (Å²) in [5.74, 6) is 0. The molecule has 6 heteroatoms. The van der Waals surface area contributed by atoms with Crippen molar-refractivity contribution < 1.29 is 24.5 Å². The summed E-state index contributed by atoms with van der Waals surface area (Å²) in [4.78, 5) is 18.9. The van der Waals surface area contributed by atoms with Crippen molar-refractivity contribution in [2.75, 3.05) is 0 Å². The smallest absolute Gasteiger partial charge is 0.216 e. The topological polar surface area (TPSA) is 64.7 Å². The van der Waals surface area contributed by atoms with Crippen molar-refractivity contribution in [3.8, 4) is 56.0 Å². The predicted molar refractivity (Wildman–Crippen MR) is 247 cm³/mol. The van der Waals surface area contributed by atoms with E-state index in [0.29, 0.717) is 5.71 Å². The van der Waals surface area contributed by atoms with Crippen LogP contribution in [0.15, 0.2) is 144 Å². The number of benzene rings is 5. The van der Waals surface area contributed by atoms with Crippen molar-refractivity contribution >= 4 is 33.0 Å². The van der Waals surface area contributed by atoms with E-state index in [1.165, 1.54) is 44.5 Å². The molecular formula is C55H44IrN4O-2. The first-order chi connectivity index (χ1) is 29.1. The van der Waals surface area contributed by atoms with Crippen LogP contribution in [-0.2, 0) is 20.1 Å². The van der Waals surface area contributed by atoms with Gasteiger partial charge >= 0.3 is 0 Å². The molecular weight excluding hydrogens is 925 g/mol. The predicted octanol–water partition coefficient (Wildman–Crippen LogP) is 14.1. The molecule has 10 rings (SSSR count). The van der Waals surface area contributed by atoms with Crippen LogP contribution >= 0.6 is 0 Å². The molecule has 10 aromatic rings. The number of furan rings is 1. The Bertz CT molecular complexity index is 3220. The van der Waals surface area contributed by atoms with Crippen LogP contribution < -0.4 is 0 Å². The molecule has 0 saturated carbocycles. The van der Waals surface area contributed by atoms with Gasteiger partial charge in [0.15, 0.2) is 0 Å². The zero-order valence-electron chi connectivity index (χ0n) is 35.3. The van der Waals surface area contributed by atoms with E-state index in [4.69, 9.17) is 14.4 Å². The number of aromatic nitrogens is 4. The molecule has 0 amide bonds. The third-order valence-electron chi connectivity index (χ3n) is 11.4. The minimum absolute atomic E-state index is 0. The van der Waals surface area contributed by atoms with E-state index in [0.717, 1.165) is 77.9 Å². The summed E-state index contributed by atoms with van der Waals surface area (Å²) in [6, 6.07) is 50.8. The Labute approximate surface area is 371 Å². The quantitative estimate of drug-likeness (QED) is 0.161. The summed E-state index contributed by atoms with van der Waals surface area (Å²) in [6.45, 7) is 14.7. The average molecular weight is 969 g/mol. The molecule has 5 aromatic carbocycles. The number of fused-ring (bicyclic) bond motifs is 4. The summed E-state index contributed by atoms with van der Waals surface area (Å²) in [7, 11) is 0. The van der Waals surface area contributed by atoms with E-state index >= 15 is 0 Å². The molecule has 0 N–H and O–H groups in total. The van der Waals surface area contributed by atoms with Gasteiger partial charge in [0.05, 0.1) is 16.8 Å². The van der Waals surface area contributed by atoms with Crippen LogP contribution in [0, 0.1) is 60.6 Å². The molecule has 0 unspecified atom stereocenters. The van der Waals surface area contributed by atoms with Gasteiger partial charge in [-0.25, -0.2) is 9.97 Å². The number of aryl methyl sites for hydroxylation is 7. The summed E-state index contributed by atoms with van der Waals surface area (Å²) in [6.07, 6.45) is 3.79. The Hall–Kier alpha value is -6.59. The van der Waals surface area contributed by atoms with E-state index in [1.807, 2.05) is 43.6 Å². The molecule has 5 nitrogen and oxygen atoms in total. The first-order valence-electron chi connectivity index (χ1n) is 20.3. The molecule has 0 aliphatic carbocycles. The SMILES string of the molecule is Cc1ccc2c(n1)oc1c(-c3cc(-c4cc5ccc(-c6c(C)cccc6C)nc5cc4C)ccn3)[c-]ccc12.Cc1cnc(-c2[c-]cc(C)c(-c3ccccc3)c2)cc1C.[Ir]. The number of rotatable bonds is 5. The zero-order chi connectivity index (χ0) is 41.5. The van der Waals surface area contributed by atoms with Gasteiger partial charge in [-0.3, -0.25) is 0 Å². The summed E-state index contributed by atoms with van der Waals surface area (Å²) in [5, 5.41) is 3.13. The first kappa shape index (κ1) is 41.2. The monoisotopic (exact) mass is 969 g/mol. The van der Waals surface area contributed by atoms with Crippen molar-refractivity contribution in [2.45, 2.75) is 48.5 Å². The van der Waals surface area contributed by atoms with Crippen LogP contribution in [0.25, 0.3) is 89.0 Å². The van der Waals surface area contributed by atoms with Crippen LogP contribution in [0.3, 0.4) is 0 Å². The number of nitrogens with zero attached hydrogens (tertiary/aromatic N) is 4. The Balaban J connectivity index is 0.000000198. The molecule has 0 spiro atoms. The molecule has 1 radical (unpaired) electrons. The third-order valence-corrected chi connectivity index (χ3v) is 11.4. The van der Waals surface area contributed by atoms with E-state index in [9.17, 15) is 0 Å².